The molecule has 0 unspecified atom stereocenters. The van der Waals surface area contributed by atoms with E-state index in [1.807, 2.05) is 11.3 Å². The molecule has 320 valence electrons. The second-order valence-corrected chi connectivity index (χ2v) is 19.8. The highest BCUT2D eigenvalue weighted by molar-refractivity contribution is 7.25. The lowest BCUT2D eigenvalue weighted by Crippen LogP contribution is -2.28. The molecule has 0 N–H and O–H groups in total. The molecule has 0 bridgehead atoms. The number of nitrogens with zero attached hydrogens (tertiary/aromatic N) is 1. The van der Waals surface area contributed by atoms with Gasteiger partial charge in [0.25, 0.3) is 0 Å². The first-order valence-corrected chi connectivity index (χ1v) is 24.7. The molecule has 2 heteroatoms. The van der Waals surface area contributed by atoms with Crippen molar-refractivity contribution >= 4 is 80.9 Å². The average molecular weight is 892 g/mol. The molecular formula is C67H41NS. The van der Waals surface area contributed by atoms with Gasteiger partial charge in [0.1, 0.15) is 0 Å². The molecular weight excluding hydrogens is 851 g/mol. The second kappa shape index (κ2) is 14.7. The van der Waals surface area contributed by atoms with Crippen LogP contribution in [0.5, 0.6) is 0 Å². The maximum atomic E-state index is 2.54. The van der Waals surface area contributed by atoms with Gasteiger partial charge >= 0.3 is 0 Å². The zero-order valence-corrected chi connectivity index (χ0v) is 38.3. The van der Waals surface area contributed by atoms with Crippen LogP contribution in [-0.2, 0) is 5.41 Å². The van der Waals surface area contributed by atoms with Crippen molar-refractivity contribution in [3.05, 3.63) is 271 Å². The molecule has 0 saturated carbocycles. The van der Waals surface area contributed by atoms with Crippen LogP contribution in [0.2, 0.25) is 0 Å². The number of thiophene rings is 1. The third kappa shape index (κ3) is 5.46. The van der Waals surface area contributed by atoms with Crippen LogP contribution in [0, 0.1) is 0 Å². The van der Waals surface area contributed by atoms with Crippen LogP contribution in [0.3, 0.4) is 0 Å². The highest BCUT2D eigenvalue weighted by Gasteiger charge is 2.53. The summed E-state index contributed by atoms with van der Waals surface area (Å²) in [6.45, 7) is 0. The summed E-state index contributed by atoms with van der Waals surface area (Å²) in [6, 6.07) is 93.3. The summed E-state index contributed by atoms with van der Waals surface area (Å²) >= 11 is 1.87. The number of benzene rings is 12. The Hall–Kier alpha value is -8.56. The smallest absolute Gasteiger partial charge is 0.0746 e. The van der Waals surface area contributed by atoms with Crippen LogP contribution >= 0.6 is 11.3 Å². The van der Waals surface area contributed by atoms with Crippen LogP contribution < -0.4 is 4.90 Å². The maximum absolute atomic E-state index is 2.54. The Morgan fingerprint density at radius 3 is 1.41 bits per heavy atom. The Balaban J connectivity index is 0.949. The van der Waals surface area contributed by atoms with E-state index >= 15 is 0 Å². The van der Waals surface area contributed by atoms with Gasteiger partial charge in [0.05, 0.1) is 11.1 Å². The van der Waals surface area contributed by atoms with E-state index < -0.39 is 5.41 Å². The predicted octanol–water partition coefficient (Wildman–Crippen LogP) is 18.7. The van der Waals surface area contributed by atoms with Gasteiger partial charge in [0, 0.05) is 37.1 Å². The normalized spacial score (nSPS) is 13.0. The van der Waals surface area contributed by atoms with E-state index in [4.69, 9.17) is 0 Å². The number of anilines is 3. The Morgan fingerprint density at radius 2 is 0.739 bits per heavy atom. The molecule has 1 spiro atoms. The molecule has 0 radical (unpaired) electrons. The zero-order chi connectivity index (χ0) is 45.2. The number of hydrogen-bond donors (Lipinski definition) is 0. The van der Waals surface area contributed by atoms with E-state index in [2.05, 4.69) is 254 Å². The summed E-state index contributed by atoms with van der Waals surface area (Å²) in [6.07, 6.45) is 0. The number of fused-ring (bicyclic) bond motifs is 19. The van der Waals surface area contributed by atoms with Crippen LogP contribution in [0.4, 0.5) is 17.1 Å². The van der Waals surface area contributed by atoms with E-state index in [9.17, 15) is 0 Å². The minimum Gasteiger partial charge on any atom is -0.310 e. The van der Waals surface area contributed by atoms with Crippen LogP contribution in [0.15, 0.2) is 249 Å². The van der Waals surface area contributed by atoms with Gasteiger partial charge in [-0.1, -0.05) is 194 Å². The summed E-state index contributed by atoms with van der Waals surface area (Å²) in [7, 11) is 0. The fourth-order valence-corrected chi connectivity index (χ4v) is 13.5. The van der Waals surface area contributed by atoms with Crippen molar-refractivity contribution in [1.29, 1.82) is 0 Å². The van der Waals surface area contributed by atoms with Crippen molar-refractivity contribution in [3.63, 3.8) is 0 Å². The largest absolute Gasteiger partial charge is 0.310 e. The maximum Gasteiger partial charge on any atom is 0.0746 e. The summed E-state index contributed by atoms with van der Waals surface area (Å²) in [5.41, 5.74) is 18.2. The van der Waals surface area contributed by atoms with Gasteiger partial charge in [0.2, 0.25) is 0 Å². The Morgan fingerprint density at radius 1 is 0.275 bits per heavy atom. The van der Waals surface area contributed by atoms with Gasteiger partial charge in [-0.2, -0.15) is 0 Å². The van der Waals surface area contributed by atoms with Gasteiger partial charge in [-0.15, -0.1) is 11.3 Å². The lowest BCUT2D eigenvalue weighted by Gasteiger charge is -2.36. The molecule has 0 atom stereocenters. The van der Waals surface area contributed by atoms with Crippen LogP contribution in [0.25, 0.3) is 97.0 Å². The number of rotatable bonds is 5. The molecule has 13 aromatic rings. The minimum atomic E-state index is -0.521. The highest BCUT2D eigenvalue weighted by atomic mass is 32.1. The topological polar surface area (TPSA) is 3.24 Å². The lowest BCUT2D eigenvalue weighted by atomic mass is 9.70. The zero-order valence-electron chi connectivity index (χ0n) is 37.5. The number of hydrogen-bond acceptors (Lipinski definition) is 2. The molecule has 0 fully saturated rings. The SMILES string of the molecule is c1cc(-c2ccc(N(c3ccc4c5ccccc5c5ccccc5c4c3)c3cccc4c3C3(c5ccccc5-c5ccccc53)c3ccccc3-4)cc2)cc(-c2ccc3sc4ccccc4c3c2)c1. The lowest BCUT2D eigenvalue weighted by molar-refractivity contribution is 0.793. The van der Waals surface area contributed by atoms with Crippen molar-refractivity contribution < 1.29 is 0 Å². The Bertz CT molecular complexity index is 4170. The van der Waals surface area contributed by atoms with Crippen molar-refractivity contribution in [2.24, 2.45) is 0 Å². The first-order chi connectivity index (χ1) is 34.2. The van der Waals surface area contributed by atoms with Gasteiger partial charge in [-0.3, -0.25) is 0 Å². The Kier molecular flexibility index (Phi) is 8.22. The molecule has 69 heavy (non-hydrogen) atoms. The molecule has 2 aliphatic carbocycles. The molecule has 1 aromatic heterocycles. The highest BCUT2D eigenvalue weighted by Crippen LogP contribution is 2.65. The molecule has 0 aliphatic heterocycles. The van der Waals surface area contributed by atoms with Crippen LogP contribution in [-0.4, -0.2) is 0 Å². The third-order valence-electron chi connectivity index (χ3n) is 15.2. The summed E-state index contributed by atoms with van der Waals surface area (Å²) in [5.74, 6) is 0. The third-order valence-corrected chi connectivity index (χ3v) is 16.4. The average Bonchev–Trinajstić information content (AvgIpc) is 4.05. The van der Waals surface area contributed by atoms with E-state index in [1.54, 1.807) is 0 Å². The predicted molar refractivity (Wildman–Crippen MR) is 294 cm³/mol. The first-order valence-electron chi connectivity index (χ1n) is 23.9. The first kappa shape index (κ1) is 38.5. The van der Waals surface area contributed by atoms with E-state index in [0.29, 0.717) is 0 Å². The van der Waals surface area contributed by atoms with Gasteiger partial charge < -0.3 is 4.90 Å². The summed E-state index contributed by atoms with van der Waals surface area (Å²) in [5, 5.41) is 10.2. The van der Waals surface area contributed by atoms with Crippen molar-refractivity contribution in [3.8, 4) is 44.5 Å². The fraction of sp³-hybridized carbons (Fsp3) is 0.0149. The second-order valence-electron chi connectivity index (χ2n) is 18.7. The quantitative estimate of drug-likeness (QED) is 0.156. The van der Waals surface area contributed by atoms with Crippen molar-refractivity contribution in [1.82, 2.24) is 0 Å². The molecule has 15 rings (SSSR count). The van der Waals surface area contributed by atoms with Crippen molar-refractivity contribution in [2.45, 2.75) is 5.41 Å². The van der Waals surface area contributed by atoms with Crippen LogP contribution in [0.1, 0.15) is 22.3 Å². The standard InChI is InChI=1S/C67H41NS/c1-2-19-50-48(17-1)49-18-3-4-20-51(49)58-41-47(36-37-52(50)58)68(46-34-31-42(32-35-46)43-15-13-16-44(39-43)45-33-38-65-59(40-45)56-24-8-12-30-64(56)69-65)63-29-14-25-57-55-23-7-11-28-62(55)67(66(57)63)60-26-9-5-21-53(60)54-22-6-10-27-61(54)67/h1-41H. The molecule has 1 heterocycles. The fourth-order valence-electron chi connectivity index (χ4n) is 12.4. The molecule has 1 nitrogen and oxygen atoms in total. The van der Waals surface area contributed by atoms with E-state index in [1.165, 1.54) is 125 Å². The van der Waals surface area contributed by atoms with E-state index in [-0.39, 0.29) is 0 Å². The van der Waals surface area contributed by atoms with Crippen molar-refractivity contribution in [2.75, 3.05) is 4.90 Å². The molecule has 0 amide bonds. The molecule has 0 saturated heterocycles. The monoisotopic (exact) mass is 891 g/mol. The Labute approximate surface area is 404 Å². The van der Waals surface area contributed by atoms with E-state index in [0.717, 1.165) is 11.4 Å². The summed E-state index contributed by atoms with van der Waals surface area (Å²) in [4.78, 5) is 2.54. The van der Waals surface area contributed by atoms with Gasteiger partial charge in [-0.05, 0) is 148 Å². The van der Waals surface area contributed by atoms with Gasteiger partial charge in [-0.25, -0.2) is 0 Å². The van der Waals surface area contributed by atoms with Gasteiger partial charge in [0.15, 0.2) is 0 Å². The molecule has 2 aliphatic rings. The summed E-state index contributed by atoms with van der Waals surface area (Å²) < 4.78 is 2.65. The molecule has 12 aromatic carbocycles. The minimum absolute atomic E-state index is 0.521.